The monoisotopic (exact) mass is 263 g/mol. The number of carbonyl (C=O) groups excluding carboxylic acids is 1. The molecule has 0 bridgehead atoms. The largest absolute Gasteiger partial charge is 0.508 e. The van der Waals surface area contributed by atoms with Crippen LogP contribution in [0, 0.1) is 0 Å². The third-order valence-corrected chi connectivity index (χ3v) is 3.68. The van der Waals surface area contributed by atoms with Gasteiger partial charge in [-0.25, -0.2) is 0 Å². The number of phenols is 1. The van der Waals surface area contributed by atoms with Crippen LogP contribution < -0.4 is 5.32 Å². The Bertz CT molecular complexity index is 439. The molecule has 19 heavy (non-hydrogen) atoms. The number of nitrogens with one attached hydrogen (secondary N) is 1. The zero-order chi connectivity index (χ0) is 13.7. The Labute approximate surface area is 113 Å². The average molecular weight is 263 g/mol. The molecular weight excluding hydrogens is 242 g/mol. The number of phenolic OH excluding ortho intramolecular Hbond substituents is 1. The maximum atomic E-state index is 12.5. The summed E-state index contributed by atoms with van der Waals surface area (Å²) in [5, 5.41) is 12.9. The molecule has 4 heteroatoms. The van der Waals surface area contributed by atoms with Crippen molar-refractivity contribution in [1.29, 1.82) is 0 Å². The molecular formula is C15H21NO3. The summed E-state index contributed by atoms with van der Waals surface area (Å²) in [7, 11) is 0. The van der Waals surface area contributed by atoms with Gasteiger partial charge < -0.3 is 15.2 Å². The lowest BCUT2D eigenvalue weighted by Gasteiger charge is -2.35. The molecule has 1 aliphatic rings. The highest BCUT2D eigenvalue weighted by molar-refractivity contribution is 5.83. The van der Waals surface area contributed by atoms with E-state index >= 15 is 0 Å². The second-order valence-electron chi connectivity index (χ2n) is 5.02. The van der Waals surface area contributed by atoms with Crippen molar-refractivity contribution in [2.24, 2.45) is 0 Å². The van der Waals surface area contributed by atoms with Crippen molar-refractivity contribution in [2.45, 2.75) is 31.6 Å². The predicted molar refractivity (Wildman–Crippen MR) is 73.1 cm³/mol. The van der Waals surface area contributed by atoms with E-state index in [1.807, 2.05) is 13.0 Å². The van der Waals surface area contributed by atoms with Gasteiger partial charge in [0.05, 0.1) is 12.0 Å². The number of rotatable bonds is 4. The van der Waals surface area contributed by atoms with Crippen molar-refractivity contribution >= 4 is 5.97 Å². The number of aromatic hydroxyl groups is 1. The summed E-state index contributed by atoms with van der Waals surface area (Å²) in [6.45, 7) is 4.01. The van der Waals surface area contributed by atoms with Crippen LogP contribution in [0.3, 0.4) is 0 Å². The number of carbonyl (C=O) groups is 1. The van der Waals surface area contributed by atoms with Crippen LogP contribution in [-0.4, -0.2) is 30.8 Å². The highest BCUT2D eigenvalue weighted by atomic mass is 16.5. The zero-order valence-corrected chi connectivity index (χ0v) is 11.3. The number of hydrogen-bond acceptors (Lipinski definition) is 4. The molecule has 0 spiro atoms. The van der Waals surface area contributed by atoms with E-state index in [1.54, 1.807) is 18.2 Å². The number of benzene rings is 1. The molecule has 1 heterocycles. The molecule has 0 atom stereocenters. The molecule has 2 N–H and O–H groups in total. The summed E-state index contributed by atoms with van der Waals surface area (Å²) in [4.78, 5) is 12.5. The maximum absolute atomic E-state index is 12.5. The SMILES string of the molecule is CCCOC(=O)C1(c2cccc(O)c2)CCNCC1. The Hall–Kier alpha value is -1.55. The lowest BCUT2D eigenvalue weighted by Crippen LogP contribution is -2.46. The standard InChI is InChI=1S/C15H21NO3/c1-2-10-19-14(18)15(6-8-16-9-7-15)12-4-3-5-13(17)11-12/h3-5,11,16-17H,2,6-10H2,1H3. The lowest BCUT2D eigenvalue weighted by molar-refractivity contribution is -0.152. The van der Waals surface area contributed by atoms with Crippen LogP contribution in [-0.2, 0) is 14.9 Å². The maximum Gasteiger partial charge on any atom is 0.316 e. The van der Waals surface area contributed by atoms with Gasteiger partial charge in [-0.15, -0.1) is 0 Å². The van der Waals surface area contributed by atoms with Crippen molar-refractivity contribution < 1.29 is 14.6 Å². The molecule has 0 aromatic heterocycles. The second kappa shape index (κ2) is 6.06. The first-order valence-corrected chi connectivity index (χ1v) is 6.86. The number of esters is 1. The molecule has 104 valence electrons. The lowest BCUT2D eigenvalue weighted by atomic mass is 9.73. The van der Waals surface area contributed by atoms with E-state index < -0.39 is 5.41 Å². The highest BCUT2D eigenvalue weighted by Crippen LogP contribution is 2.36. The fraction of sp³-hybridized carbons (Fsp3) is 0.533. The van der Waals surface area contributed by atoms with Gasteiger partial charge in [0.15, 0.2) is 0 Å². The van der Waals surface area contributed by atoms with Crippen molar-refractivity contribution in [3.63, 3.8) is 0 Å². The summed E-state index contributed by atoms with van der Waals surface area (Å²) in [5.41, 5.74) is 0.245. The number of piperidine rings is 1. The van der Waals surface area contributed by atoms with Gasteiger partial charge in [-0.05, 0) is 50.0 Å². The van der Waals surface area contributed by atoms with E-state index in [0.29, 0.717) is 19.4 Å². The van der Waals surface area contributed by atoms with Crippen LogP contribution in [0.15, 0.2) is 24.3 Å². The molecule has 1 fully saturated rings. The molecule has 2 rings (SSSR count). The highest BCUT2D eigenvalue weighted by Gasteiger charge is 2.42. The molecule has 0 saturated carbocycles. The van der Waals surface area contributed by atoms with Crippen LogP contribution in [0.2, 0.25) is 0 Å². The van der Waals surface area contributed by atoms with Gasteiger partial charge in [-0.1, -0.05) is 19.1 Å². The van der Waals surface area contributed by atoms with E-state index in [1.165, 1.54) is 0 Å². The quantitative estimate of drug-likeness (QED) is 0.815. The smallest absolute Gasteiger partial charge is 0.316 e. The fourth-order valence-corrected chi connectivity index (χ4v) is 2.60. The zero-order valence-electron chi connectivity index (χ0n) is 11.3. The summed E-state index contributed by atoms with van der Waals surface area (Å²) in [6, 6.07) is 6.98. The Balaban J connectivity index is 2.31. The van der Waals surface area contributed by atoms with Gasteiger partial charge in [-0.3, -0.25) is 4.79 Å². The van der Waals surface area contributed by atoms with Gasteiger partial charge in [0, 0.05) is 0 Å². The third kappa shape index (κ3) is 2.89. The van der Waals surface area contributed by atoms with E-state index in [9.17, 15) is 9.90 Å². The van der Waals surface area contributed by atoms with Crippen molar-refractivity contribution in [3.8, 4) is 5.75 Å². The average Bonchev–Trinajstić information content (AvgIpc) is 2.45. The summed E-state index contributed by atoms with van der Waals surface area (Å²) in [6.07, 6.45) is 2.23. The second-order valence-corrected chi connectivity index (χ2v) is 5.02. The van der Waals surface area contributed by atoms with E-state index in [0.717, 1.165) is 25.1 Å². The number of ether oxygens (including phenoxy) is 1. The van der Waals surface area contributed by atoms with Crippen LogP contribution in [0.25, 0.3) is 0 Å². The molecule has 1 aromatic carbocycles. The van der Waals surface area contributed by atoms with E-state index in [2.05, 4.69) is 5.32 Å². The Kier molecular flexibility index (Phi) is 4.43. The molecule has 0 unspecified atom stereocenters. The van der Waals surface area contributed by atoms with Crippen LogP contribution in [0.4, 0.5) is 0 Å². The molecule has 1 saturated heterocycles. The van der Waals surface area contributed by atoms with Crippen LogP contribution in [0.5, 0.6) is 5.75 Å². The van der Waals surface area contributed by atoms with Crippen molar-refractivity contribution in [3.05, 3.63) is 29.8 Å². The molecule has 0 radical (unpaired) electrons. The summed E-state index contributed by atoms with van der Waals surface area (Å²) >= 11 is 0. The van der Waals surface area contributed by atoms with Crippen LogP contribution in [0.1, 0.15) is 31.7 Å². The minimum Gasteiger partial charge on any atom is -0.508 e. The van der Waals surface area contributed by atoms with Crippen molar-refractivity contribution in [1.82, 2.24) is 5.32 Å². The Morgan fingerprint density at radius 1 is 1.42 bits per heavy atom. The van der Waals surface area contributed by atoms with Crippen LogP contribution >= 0.6 is 0 Å². The Morgan fingerprint density at radius 3 is 2.79 bits per heavy atom. The minimum atomic E-state index is -0.612. The van der Waals surface area contributed by atoms with Gasteiger partial charge >= 0.3 is 5.97 Å². The minimum absolute atomic E-state index is 0.165. The molecule has 0 aliphatic carbocycles. The first kappa shape index (κ1) is 13.9. The van der Waals surface area contributed by atoms with E-state index in [4.69, 9.17) is 4.74 Å². The van der Waals surface area contributed by atoms with Crippen molar-refractivity contribution in [2.75, 3.05) is 19.7 Å². The van der Waals surface area contributed by atoms with Gasteiger partial charge in [0.1, 0.15) is 5.75 Å². The topological polar surface area (TPSA) is 58.6 Å². The normalized spacial score (nSPS) is 17.9. The van der Waals surface area contributed by atoms with Gasteiger partial charge in [0.25, 0.3) is 0 Å². The van der Waals surface area contributed by atoms with Gasteiger partial charge in [-0.2, -0.15) is 0 Å². The van der Waals surface area contributed by atoms with Gasteiger partial charge in [0.2, 0.25) is 0 Å². The fourth-order valence-electron chi connectivity index (χ4n) is 2.60. The third-order valence-electron chi connectivity index (χ3n) is 3.68. The number of hydrogen-bond donors (Lipinski definition) is 2. The summed E-state index contributed by atoms with van der Waals surface area (Å²) < 4.78 is 5.38. The Morgan fingerprint density at radius 2 is 2.16 bits per heavy atom. The molecule has 1 aliphatic heterocycles. The molecule has 4 nitrogen and oxygen atoms in total. The molecule has 0 amide bonds. The first-order chi connectivity index (χ1) is 9.19. The first-order valence-electron chi connectivity index (χ1n) is 6.86. The van der Waals surface area contributed by atoms with E-state index in [-0.39, 0.29) is 11.7 Å². The molecule has 1 aromatic rings. The summed E-state index contributed by atoms with van der Waals surface area (Å²) in [5.74, 6) is 0.0279. The predicted octanol–water partition coefficient (Wildman–Crippen LogP) is 1.97.